The van der Waals surface area contributed by atoms with E-state index in [0.29, 0.717) is 4.83 Å². The van der Waals surface area contributed by atoms with Gasteiger partial charge in [0, 0.05) is 17.3 Å². The summed E-state index contributed by atoms with van der Waals surface area (Å²) in [6, 6.07) is 17.0. The Morgan fingerprint density at radius 3 is 2.42 bits per heavy atom. The number of esters is 1. The maximum atomic E-state index is 13.2. The number of rotatable bonds is 6. The number of benzene rings is 2. The molecule has 31 heavy (non-hydrogen) atoms. The van der Waals surface area contributed by atoms with Gasteiger partial charge in [0.2, 0.25) is 0 Å². The Hall–Kier alpha value is -3.10. The molecule has 4 aromatic rings. The SMILES string of the molecule is CSc1ccc(COC(=O)c2csc3c2c(=O)n(Cc2ccccc2)c(=O)n3C)cc1. The van der Waals surface area contributed by atoms with Crippen LogP contribution in [-0.2, 0) is 24.9 Å². The summed E-state index contributed by atoms with van der Waals surface area (Å²) in [5, 5.41) is 1.79. The molecule has 0 saturated heterocycles. The van der Waals surface area contributed by atoms with E-state index < -0.39 is 17.2 Å². The number of aromatic nitrogens is 2. The summed E-state index contributed by atoms with van der Waals surface area (Å²) in [4.78, 5) is 40.3. The van der Waals surface area contributed by atoms with Crippen LogP contribution in [0, 0.1) is 0 Å². The number of ether oxygens (including phenoxy) is 1. The molecule has 0 bridgehead atoms. The second-order valence-corrected chi connectivity index (χ2v) is 8.71. The van der Waals surface area contributed by atoms with Crippen LogP contribution in [0.3, 0.4) is 0 Å². The number of aryl methyl sites for hydroxylation is 1. The van der Waals surface area contributed by atoms with Gasteiger partial charge in [-0.2, -0.15) is 0 Å². The van der Waals surface area contributed by atoms with Crippen LogP contribution in [0.2, 0.25) is 0 Å². The van der Waals surface area contributed by atoms with Crippen molar-refractivity contribution < 1.29 is 9.53 Å². The lowest BCUT2D eigenvalue weighted by molar-refractivity contribution is 0.0475. The van der Waals surface area contributed by atoms with Gasteiger partial charge in [-0.05, 0) is 29.5 Å². The summed E-state index contributed by atoms with van der Waals surface area (Å²) < 4.78 is 8.02. The molecule has 2 heterocycles. The van der Waals surface area contributed by atoms with Crippen molar-refractivity contribution in [3.63, 3.8) is 0 Å². The van der Waals surface area contributed by atoms with Crippen LogP contribution in [0.5, 0.6) is 0 Å². The van der Waals surface area contributed by atoms with Crippen molar-refractivity contribution in [2.45, 2.75) is 18.0 Å². The third-order valence-electron chi connectivity index (χ3n) is 4.99. The predicted octanol–water partition coefficient (Wildman–Crippen LogP) is 3.89. The largest absolute Gasteiger partial charge is 0.457 e. The average Bonchev–Trinajstić information content (AvgIpc) is 3.25. The number of carbonyl (C=O) groups excluding carboxylic acids is 1. The molecule has 2 aromatic heterocycles. The molecule has 158 valence electrons. The first-order valence-electron chi connectivity index (χ1n) is 9.54. The summed E-state index contributed by atoms with van der Waals surface area (Å²) in [7, 11) is 1.60. The molecule has 2 aromatic carbocycles. The zero-order chi connectivity index (χ0) is 22.0. The molecule has 0 unspecified atom stereocenters. The fourth-order valence-corrected chi connectivity index (χ4v) is 4.70. The fourth-order valence-electron chi connectivity index (χ4n) is 3.29. The van der Waals surface area contributed by atoms with Gasteiger partial charge in [0.05, 0.1) is 17.5 Å². The summed E-state index contributed by atoms with van der Waals surface area (Å²) in [5.74, 6) is -0.581. The number of thiophene rings is 1. The summed E-state index contributed by atoms with van der Waals surface area (Å²) in [5.41, 5.74) is 0.966. The normalized spacial score (nSPS) is 11.0. The van der Waals surface area contributed by atoms with Gasteiger partial charge in [-0.3, -0.25) is 13.9 Å². The number of hydrogen-bond donors (Lipinski definition) is 0. The molecule has 8 heteroatoms. The van der Waals surface area contributed by atoms with Gasteiger partial charge in [-0.15, -0.1) is 23.1 Å². The molecule has 0 radical (unpaired) electrons. The van der Waals surface area contributed by atoms with Gasteiger partial charge in [0.25, 0.3) is 5.56 Å². The van der Waals surface area contributed by atoms with Crippen molar-refractivity contribution in [3.05, 3.63) is 97.5 Å². The maximum Gasteiger partial charge on any atom is 0.340 e. The maximum absolute atomic E-state index is 13.2. The summed E-state index contributed by atoms with van der Waals surface area (Å²) >= 11 is 2.82. The van der Waals surface area contributed by atoms with E-state index in [1.54, 1.807) is 24.2 Å². The lowest BCUT2D eigenvalue weighted by Gasteiger charge is -2.09. The van der Waals surface area contributed by atoms with Crippen molar-refractivity contribution >= 4 is 39.3 Å². The monoisotopic (exact) mass is 452 g/mol. The Morgan fingerprint density at radius 1 is 1.03 bits per heavy atom. The fraction of sp³-hybridized carbons (Fsp3) is 0.174. The van der Waals surface area contributed by atoms with Crippen molar-refractivity contribution in [1.29, 1.82) is 0 Å². The topological polar surface area (TPSA) is 70.3 Å². The molecule has 0 aliphatic heterocycles. The molecule has 4 rings (SSSR count). The standard InChI is InChI=1S/C23H20N2O4S2/c1-24-21-19(20(26)25(23(24)28)12-15-6-4-3-5-7-15)18(14-31-21)22(27)29-13-16-8-10-17(30-2)11-9-16/h3-11,14H,12-13H2,1-2H3. The number of hydrogen-bond acceptors (Lipinski definition) is 6. The molecule has 6 nitrogen and oxygen atoms in total. The Bertz CT molecular complexity index is 1350. The first kappa shape index (κ1) is 21.1. The first-order valence-corrected chi connectivity index (χ1v) is 11.6. The highest BCUT2D eigenvalue weighted by molar-refractivity contribution is 7.98. The summed E-state index contributed by atoms with van der Waals surface area (Å²) in [6.45, 7) is 0.239. The van der Waals surface area contributed by atoms with Crippen LogP contribution < -0.4 is 11.2 Å². The number of fused-ring (bicyclic) bond motifs is 1. The minimum absolute atomic E-state index is 0.106. The average molecular weight is 453 g/mol. The Kier molecular flexibility index (Phi) is 6.11. The van der Waals surface area contributed by atoms with Crippen molar-refractivity contribution in [2.24, 2.45) is 7.05 Å². The van der Waals surface area contributed by atoms with E-state index in [4.69, 9.17) is 4.74 Å². The zero-order valence-electron chi connectivity index (χ0n) is 17.0. The number of carbonyl (C=O) groups is 1. The Balaban J connectivity index is 1.67. The predicted molar refractivity (Wildman–Crippen MR) is 124 cm³/mol. The highest BCUT2D eigenvalue weighted by atomic mass is 32.2. The highest BCUT2D eigenvalue weighted by Gasteiger charge is 2.21. The van der Waals surface area contributed by atoms with Gasteiger partial charge < -0.3 is 4.74 Å². The third kappa shape index (κ3) is 4.22. The molecular formula is C23H20N2O4S2. The summed E-state index contributed by atoms with van der Waals surface area (Å²) in [6.07, 6.45) is 1.99. The third-order valence-corrected chi connectivity index (χ3v) is 6.78. The smallest absolute Gasteiger partial charge is 0.340 e. The molecule has 0 amide bonds. The Labute approximate surface area is 186 Å². The highest BCUT2D eigenvalue weighted by Crippen LogP contribution is 2.23. The van der Waals surface area contributed by atoms with E-state index in [1.165, 1.54) is 15.9 Å². The van der Waals surface area contributed by atoms with E-state index in [0.717, 1.165) is 20.6 Å². The molecule has 0 fully saturated rings. The molecule has 0 spiro atoms. The van der Waals surface area contributed by atoms with E-state index in [9.17, 15) is 14.4 Å². The minimum atomic E-state index is -0.581. The molecule has 0 N–H and O–H groups in total. The lowest BCUT2D eigenvalue weighted by atomic mass is 10.2. The van der Waals surface area contributed by atoms with Gasteiger partial charge in [0.15, 0.2) is 0 Å². The van der Waals surface area contributed by atoms with Crippen molar-refractivity contribution in [3.8, 4) is 0 Å². The minimum Gasteiger partial charge on any atom is -0.457 e. The molecule has 0 atom stereocenters. The lowest BCUT2D eigenvalue weighted by Crippen LogP contribution is -2.39. The van der Waals surface area contributed by atoms with E-state index in [-0.39, 0.29) is 24.1 Å². The van der Waals surface area contributed by atoms with Crippen LogP contribution >= 0.6 is 23.1 Å². The van der Waals surface area contributed by atoms with Gasteiger partial charge in [-0.1, -0.05) is 42.5 Å². The van der Waals surface area contributed by atoms with E-state index in [2.05, 4.69) is 0 Å². The van der Waals surface area contributed by atoms with Crippen LogP contribution in [0.25, 0.3) is 10.2 Å². The van der Waals surface area contributed by atoms with Gasteiger partial charge in [-0.25, -0.2) is 9.59 Å². The Morgan fingerprint density at radius 2 is 1.74 bits per heavy atom. The van der Waals surface area contributed by atoms with Gasteiger partial charge >= 0.3 is 11.7 Å². The first-order chi connectivity index (χ1) is 15.0. The molecule has 0 aliphatic carbocycles. The van der Waals surface area contributed by atoms with Crippen molar-refractivity contribution in [1.82, 2.24) is 9.13 Å². The van der Waals surface area contributed by atoms with Crippen LogP contribution in [0.1, 0.15) is 21.5 Å². The number of thioether (sulfide) groups is 1. The van der Waals surface area contributed by atoms with Gasteiger partial charge in [0.1, 0.15) is 11.4 Å². The van der Waals surface area contributed by atoms with E-state index >= 15 is 0 Å². The van der Waals surface area contributed by atoms with Crippen molar-refractivity contribution in [2.75, 3.05) is 6.26 Å². The zero-order valence-corrected chi connectivity index (χ0v) is 18.7. The molecular weight excluding hydrogens is 432 g/mol. The second kappa shape index (κ2) is 8.95. The molecule has 0 aliphatic rings. The van der Waals surface area contributed by atoms with Crippen LogP contribution in [0.15, 0.2) is 74.5 Å². The second-order valence-electron chi connectivity index (χ2n) is 6.97. The molecule has 0 saturated carbocycles. The quantitative estimate of drug-likeness (QED) is 0.328. The van der Waals surface area contributed by atoms with Crippen LogP contribution in [0.4, 0.5) is 0 Å². The number of nitrogens with zero attached hydrogens (tertiary/aromatic N) is 2. The van der Waals surface area contributed by atoms with E-state index in [1.807, 2.05) is 60.9 Å². The van der Waals surface area contributed by atoms with Crippen LogP contribution in [-0.4, -0.2) is 21.4 Å².